The minimum absolute atomic E-state index is 0.0520. The van der Waals surface area contributed by atoms with E-state index in [-0.39, 0.29) is 31.0 Å². The van der Waals surface area contributed by atoms with E-state index in [1.807, 2.05) is 74.5 Å². The van der Waals surface area contributed by atoms with E-state index in [0.717, 1.165) is 11.1 Å². The Hall–Kier alpha value is -3.31. The third-order valence-electron chi connectivity index (χ3n) is 5.07. The normalized spacial score (nSPS) is 11.6. The summed E-state index contributed by atoms with van der Waals surface area (Å²) in [6.07, 6.45) is 0.393. The average Bonchev–Trinajstić information content (AvgIpc) is 2.82. The number of hydrogen-bond donors (Lipinski definition) is 1. The molecule has 5 nitrogen and oxygen atoms in total. The predicted octanol–water partition coefficient (Wildman–Crippen LogP) is 4.88. The molecule has 0 bridgehead atoms. The molecule has 33 heavy (non-hydrogen) atoms. The van der Waals surface area contributed by atoms with Gasteiger partial charge in [0.05, 0.1) is 0 Å². The van der Waals surface area contributed by atoms with Gasteiger partial charge in [-0.05, 0) is 49.2 Å². The van der Waals surface area contributed by atoms with Gasteiger partial charge < -0.3 is 15.0 Å². The molecule has 172 valence electrons. The van der Waals surface area contributed by atoms with Crippen molar-refractivity contribution in [2.75, 3.05) is 6.61 Å². The van der Waals surface area contributed by atoms with Crippen molar-refractivity contribution in [2.45, 2.75) is 38.9 Å². The molecule has 0 saturated carbocycles. The number of amides is 2. The average molecular weight is 465 g/mol. The Morgan fingerprint density at radius 3 is 2.09 bits per heavy atom. The molecule has 0 aliphatic heterocycles. The largest absolute Gasteiger partial charge is 0.484 e. The molecule has 0 saturated heterocycles. The van der Waals surface area contributed by atoms with E-state index in [0.29, 0.717) is 17.2 Å². The molecule has 0 heterocycles. The monoisotopic (exact) mass is 464 g/mol. The number of rotatable bonds is 10. The maximum atomic E-state index is 13.4. The zero-order chi connectivity index (χ0) is 23.6. The van der Waals surface area contributed by atoms with Gasteiger partial charge in [-0.3, -0.25) is 9.59 Å². The van der Waals surface area contributed by atoms with Gasteiger partial charge in [0.25, 0.3) is 5.91 Å². The number of carbonyl (C=O) groups is 2. The minimum atomic E-state index is -0.697. The first-order valence-corrected chi connectivity index (χ1v) is 11.4. The molecule has 0 radical (unpaired) electrons. The zero-order valence-electron chi connectivity index (χ0n) is 18.9. The van der Waals surface area contributed by atoms with Crippen LogP contribution < -0.4 is 10.1 Å². The minimum Gasteiger partial charge on any atom is -0.484 e. The first-order valence-electron chi connectivity index (χ1n) is 11.0. The third-order valence-corrected chi connectivity index (χ3v) is 5.33. The van der Waals surface area contributed by atoms with E-state index in [1.165, 1.54) is 0 Å². The molecule has 0 spiro atoms. The lowest BCUT2D eigenvalue weighted by molar-refractivity contribution is -0.143. The number of benzene rings is 3. The third kappa shape index (κ3) is 7.65. The van der Waals surface area contributed by atoms with E-state index in [2.05, 4.69) is 5.32 Å². The molecule has 2 amide bonds. The molecule has 0 fully saturated rings. The van der Waals surface area contributed by atoms with Crippen molar-refractivity contribution in [2.24, 2.45) is 0 Å². The summed E-state index contributed by atoms with van der Waals surface area (Å²) in [6, 6.07) is 25.4. The van der Waals surface area contributed by atoms with Crippen LogP contribution in [0, 0.1) is 0 Å². The van der Waals surface area contributed by atoms with Crippen LogP contribution >= 0.6 is 11.6 Å². The van der Waals surface area contributed by atoms with Crippen molar-refractivity contribution >= 4 is 23.4 Å². The van der Waals surface area contributed by atoms with E-state index < -0.39 is 6.04 Å². The molecule has 0 aromatic heterocycles. The van der Waals surface area contributed by atoms with Gasteiger partial charge in [-0.1, -0.05) is 72.3 Å². The van der Waals surface area contributed by atoms with Crippen molar-refractivity contribution in [3.8, 4) is 5.75 Å². The van der Waals surface area contributed by atoms with E-state index in [4.69, 9.17) is 16.3 Å². The quantitative estimate of drug-likeness (QED) is 0.465. The highest BCUT2D eigenvalue weighted by Crippen LogP contribution is 2.18. The van der Waals surface area contributed by atoms with Crippen molar-refractivity contribution in [3.05, 3.63) is 101 Å². The number of carbonyl (C=O) groups excluding carboxylic acids is 2. The maximum absolute atomic E-state index is 13.4. The highest BCUT2D eigenvalue weighted by molar-refractivity contribution is 6.30. The summed E-state index contributed by atoms with van der Waals surface area (Å²) in [7, 11) is 0. The Bertz CT molecular complexity index is 1020. The molecule has 1 N–H and O–H groups in total. The molecule has 3 aromatic carbocycles. The van der Waals surface area contributed by atoms with Gasteiger partial charge in [0.2, 0.25) is 5.91 Å². The Morgan fingerprint density at radius 2 is 1.48 bits per heavy atom. The van der Waals surface area contributed by atoms with Gasteiger partial charge in [0, 0.05) is 24.0 Å². The van der Waals surface area contributed by atoms with Gasteiger partial charge in [-0.25, -0.2) is 0 Å². The van der Waals surface area contributed by atoms with Crippen LogP contribution in [0.15, 0.2) is 84.9 Å². The summed E-state index contributed by atoms with van der Waals surface area (Å²) < 4.78 is 5.72. The molecule has 6 heteroatoms. The summed E-state index contributed by atoms with van der Waals surface area (Å²) in [5.41, 5.74) is 1.85. The van der Waals surface area contributed by atoms with Gasteiger partial charge >= 0.3 is 0 Å². The zero-order valence-corrected chi connectivity index (χ0v) is 19.7. The van der Waals surface area contributed by atoms with Crippen LogP contribution in [0.25, 0.3) is 0 Å². The molecular weight excluding hydrogens is 436 g/mol. The summed E-state index contributed by atoms with van der Waals surface area (Å²) in [5.74, 6) is 0.132. The second-order valence-electron chi connectivity index (χ2n) is 8.12. The fraction of sp³-hybridized carbons (Fsp3) is 0.259. The molecule has 0 aliphatic rings. The van der Waals surface area contributed by atoms with Crippen LogP contribution in [0.2, 0.25) is 5.02 Å². The standard InChI is InChI=1S/C27H29ClN2O3/c1-20(2)29-27(32)25(17-21-9-5-3-6-10-21)30(18-22-13-15-23(28)16-14-22)26(31)19-33-24-11-7-4-8-12-24/h3-16,20,25H,17-19H2,1-2H3,(H,29,32)/t25-/m1/s1. The van der Waals surface area contributed by atoms with E-state index >= 15 is 0 Å². The molecule has 1 atom stereocenters. The topological polar surface area (TPSA) is 58.6 Å². The van der Waals surface area contributed by atoms with Crippen LogP contribution in [-0.4, -0.2) is 35.4 Å². The summed E-state index contributed by atoms with van der Waals surface area (Å²) >= 11 is 6.04. The number of para-hydroxylation sites is 1. The lowest BCUT2D eigenvalue weighted by atomic mass is 10.0. The number of hydrogen-bond acceptors (Lipinski definition) is 3. The number of nitrogens with zero attached hydrogens (tertiary/aromatic N) is 1. The Balaban J connectivity index is 1.89. The number of halogens is 1. The van der Waals surface area contributed by atoms with Crippen molar-refractivity contribution in [3.63, 3.8) is 0 Å². The predicted molar refractivity (Wildman–Crippen MR) is 131 cm³/mol. The Morgan fingerprint density at radius 1 is 0.879 bits per heavy atom. The van der Waals surface area contributed by atoms with Crippen molar-refractivity contribution in [1.29, 1.82) is 0 Å². The Labute approximate surface area is 200 Å². The number of ether oxygens (including phenoxy) is 1. The lowest BCUT2D eigenvalue weighted by Crippen LogP contribution is -2.52. The van der Waals surface area contributed by atoms with E-state index in [1.54, 1.807) is 29.2 Å². The summed E-state index contributed by atoms with van der Waals surface area (Å²) in [5, 5.41) is 3.59. The highest BCUT2D eigenvalue weighted by atomic mass is 35.5. The van der Waals surface area contributed by atoms with Gasteiger partial charge in [0.15, 0.2) is 6.61 Å². The second-order valence-corrected chi connectivity index (χ2v) is 8.56. The lowest BCUT2D eigenvalue weighted by Gasteiger charge is -2.32. The van der Waals surface area contributed by atoms with Crippen molar-refractivity contribution < 1.29 is 14.3 Å². The molecule has 3 rings (SSSR count). The van der Waals surface area contributed by atoms with Gasteiger partial charge in [-0.2, -0.15) is 0 Å². The van der Waals surface area contributed by atoms with Gasteiger partial charge in [-0.15, -0.1) is 0 Å². The van der Waals surface area contributed by atoms with E-state index in [9.17, 15) is 9.59 Å². The molecule has 0 aliphatic carbocycles. The molecular formula is C27H29ClN2O3. The Kier molecular flexibility index (Phi) is 8.90. The highest BCUT2D eigenvalue weighted by Gasteiger charge is 2.31. The smallest absolute Gasteiger partial charge is 0.261 e. The first kappa shape index (κ1) is 24.3. The van der Waals surface area contributed by atoms with Crippen LogP contribution in [0.5, 0.6) is 5.75 Å². The first-order chi connectivity index (χ1) is 15.9. The SMILES string of the molecule is CC(C)NC(=O)[C@@H](Cc1ccccc1)N(Cc1ccc(Cl)cc1)C(=O)COc1ccccc1. The molecule has 3 aromatic rings. The maximum Gasteiger partial charge on any atom is 0.261 e. The fourth-order valence-electron chi connectivity index (χ4n) is 3.47. The van der Waals surface area contributed by atoms with Crippen LogP contribution in [0.3, 0.4) is 0 Å². The van der Waals surface area contributed by atoms with Crippen LogP contribution in [0.1, 0.15) is 25.0 Å². The fourth-order valence-corrected chi connectivity index (χ4v) is 3.59. The number of nitrogens with one attached hydrogen (secondary N) is 1. The second kappa shape index (κ2) is 12.1. The molecule has 0 unspecified atom stereocenters. The van der Waals surface area contributed by atoms with Crippen molar-refractivity contribution in [1.82, 2.24) is 10.2 Å². The summed E-state index contributed by atoms with van der Waals surface area (Å²) in [6.45, 7) is 3.90. The van der Waals surface area contributed by atoms with Gasteiger partial charge in [0.1, 0.15) is 11.8 Å². The summed E-state index contributed by atoms with van der Waals surface area (Å²) in [4.78, 5) is 28.3. The van der Waals surface area contributed by atoms with Crippen LogP contribution in [-0.2, 0) is 22.6 Å². The van der Waals surface area contributed by atoms with Crippen LogP contribution in [0.4, 0.5) is 0 Å².